The minimum Gasteiger partial charge on any atom is -1.00 e. The van der Waals surface area contributed by atoms with Gasteiger partial charge in [0.15, 0.2) is 11.5 Å². The number of nitrogens with one attached hydrogen (secondary N) is 2. The monoisotopic (exact) mass is 298 g/mol. The number of benzene rings is 1. The van der Waals surface area contributed by atoms with E-state index in [9.17, 15) is 5.11 Å². The highest BCUT2D eigenvalue weighted by Crippen LogP contribution is 2.31. The first-order valence-electron chi connectivity index (χ1n) is 5.47. The average Bonchev–Trinajstić information content (AvgIpc) is 2.85. The molecule has 0 saturated carbocycles. The Morgan fingerprint density at radius 2 is 2.32 bits per heavy atom. The number of ether oxygens (including phenoxy) is 1. The Morgan fingerprint density at radius 1 is 1.53 bits per heavy atom. The quantitative estimate of drug-likeness (QED) is 0.735. The van der Waals surface area contributed by atoms with Crippen molar-refractivity contribution >= 4 is 16.5 Å². The molecule has 0 aliphatic rings. The fourth-order valence-electron chi connectivity index (χ4n) is 1.54. The smallest absolute Gasteiger partial charge is 0.332 e. The minimum atomic E-state index is 0. The number of aromatic nitrogens is 1. The van der Waals surface area contributed by atoms with E-state index in [0.29, 0.717) is 5.75 Å². The van der Waals surface area contributed by atoms with Gasteiger partial charge in [0.1, 0.15) is 12.2 Å². The van der Waals surface area contributed by atoms with Gasteiger partial charge in [-0.25, -0.2) is 4.98 Å². The zero-order valence-electron chi connectivity index (χ0n) is 10.4. The Morgan fingerprint density at radius 3 is 3.00 bits per heavy atom. The van der Waals surface area contributed by atoms with E-state index < -0.39 is 0 Å². The van der Waals surface area contributed by atoms with Crippen molar-refractivity contribution in [2.24, 2.45) is 0 Å². The summed E-state index contributed by atoms with van der Waals surface area (Å²) in [7, 11) is 1.53. The van der Waals surface area contributed by atoms with E-state index >= 15 is 0 Å². The van der Waals surface area contributed by atoms with Crippen LogP contribution in [-0.2, 0) is 0 Å². The van der Waals surface area contributed by atoms with E-state index in [-0.39, 0.29) is 18.2 Å². The van der Waals surface area contributed by atoms with Crippen LogP contribution in [0, 0.1) is 0 Å². The molecule has 2 rings (SSSR count). The molecule has 1 heterocycles. The summed E-state index contributed by atoms with van der Waals surface area (Å²) in [5, 5.41) is 15.7. The molecule has 102 valence electrons. The minimum absolute atomic E-state index is 0. The maximum Gasteiger partial charge on any atom is 0.332 e. The summed E-state index contributed by atoms with van der Waals surface area (Å²) in [5.74, 6) is 0.606. The number of rotatable bonds is 5. The van der Waals surface area contributed by atoms with E-state index in [1.807, 2.05) is 11.4 Å². The molecular formula is C13H15ClN2O2S. The molecule has 19 heavy (non-hydrogen) atoms. The summed E-state index contributed by atoms with van der Waals surface area (Å²) < 4.78 is 5.09. The Bertz CT molecular complexity index is 557. The molecule has 0 aliphatic heterocycles. The number of anilines is 1. The highest BCUT2D eigenvalue weighted by atomic mass is 35.5. The van der Waals surface area contributed by atoms with Crippen LogP contribution in [0.5, 0.6) is 11.5 Å². The molecule has 0 fully saturated rings. The van der Waals surface area contributed by atoms with Gasteiger partial charge in [-0.2, -0.15) is 0 Å². The van der Waals surface area contributed by atoms with Gasteiger partial charge in [0.2, 0.25) is 0 Å². The Kier molecular flexibility index (Phi) is 5.66. The van der Waals surface area contributed by atoms with Crippen molar-refractivity contribution in [3.05, 3.63) is 36.2 Å². The third kappa shape index (κ3) is 3.62. The van der Waals surface area contributed by atoms with Crippen molar-refractivity contribution in [1.29, 1.82) is 0 Å². The molecule has 0 aliphatic carbocycles. The second-order valence-corrected chi connectivity index (χ2v) is 4.54. The molecular weight excluding hydrogens is 284 g/mol. The maximum absolute atomic E-state index is 9.55. The predicted molar refractivity (Wildman–Crippen MR) is 73.2 cm³/mol. The molecule has 0 spiro atoms. The van der Waals surface area contributed by atoms with Crippen LogP contribution < -0.4 is 27.4 Å². The molecule has 3 N–H and O–H groups in total. The van der Waals surface area contributed by atoms with Crippen molar-refractivity contribution < 1.29 is 27.2 Å². The first-order valence-corrected chi connectivity index (χ1v) is 6.35. The largest absolute Gasteiger partial charge is 1.00 e. The van der Waals surface area contributed by atoms with Crippen LogP contribution in [0.3, 0.4) is 0 Å². The van der Waals surface area contributed by atoms with Crippen molar-refractivity contribution in [1.82, 2.24) is 0 Å². The van der Waals surface area contributed by atoms with Gasteiger partial charge in [0, 0.05) is 10.9 Å². The number of aromatic hydroxyl groups is 1. The molecule has 0 atom stereocenters. The summed E-state index contributed by atoms with van der Waals surface area (Å²) in [4.78, 5) is 3.26. The third-order valence-corrected chi connectivity index (χ3v) is 3.28. The van der Waals surface area contributed by atoms with Crippen LogP contribution in [0.2, 0.25) is 0 Å². The van der Waals surface area contributed by atoms with Gasteiger partial charge in [-0.15, -0.1) is 0 Å². The maximum atomic E-state index is 9.55. The molecule has 2 aromatic rings. The molecule has 6 heteroatoms. The normalized spacial score (nSPS) is 9.53. The number of H-pyrrole nitrogens is 1. The highest BCUT2D eigenvalue weighted by molar-refractivity contribution is 7.13. The lowest BCUT2D eigenvalue weighted by Crippen LogP contribution is -3.00. The van der Waals surface area contributed by atoms with E-state index in [1.54, 1.807) is 29.5 Å². The Labute approximate surface area is 122 Å². The molecule has 0 amide bonds. The summed E-state index contributed by atoms with van der Waals surface area (Å²) in [6, 6.07) is 5.26. The van der Waals surface area contributed by atoms with Gasteiger partial charge >= 0.3 is 5.13 Å². The number of hydrogen-bond donors (Lipinski definition) is 2. The van der Waals surface area contributed by atoms with E-state index in [0.717, 1.165) is 22.9 Å². The van der Waals surface area contributed by atoms with Gasteiger partial charge < -0.3 is 22.3 Å². The zero-order chi connectivity index (χ0) is 13.0. The van der Waals surface area contributed by atoms with Crippen LogP contribution in [-0.4, -0.2) is 18.8 Å². The summed E-state index contributed by atoms with van der Waals surface area (Å²) in [6.07, 6.45) is 1.80. The number of thiazole rings is 1. The number of phenols is 1. The molecule has 0 unspecified atom stereocenters. The summed E-state index contributed by atoms with van der Waals surface area (Å²) >= 11 is 1.58. The van der Waals surface area contributed by atoms with Gasteiger partial charge in [0.05, 0.1) is 7.11 Å². The standard InChI is InChI=1S/C13H14N2O2S.ClH/c1-3-6-14-13-15-10(8-18-13)9-4-5-11(16)12(7-9)17-2;/h3-5,7-8,16H,1,6H2,2H3,(H,14,15);1H. The second kappa shape index (κ2) is 7.01. The molecule has 1 aromatic carbocycles. The molecule has 0 radical (unpaired) electrons. The van der Waals surface area contributed by atoms with Crippen molar-refractivity contribution in [3.8, 4) is 22.8 Å². The SMILES string of the molecule is C=CCNc1[nH+]c(-c2ccc(O)c(OC)c2)cs1.[Cl-]. The molecule has 1 aromatic heterocycles. The summed E-state index contributed by atoms with van der Waals surface area (Å²) in [6.45, 7) is 4.37. The van der Waals surface area contributed by atoms with E-state index in [2.05, 4.69) is 16.9 Å². The lowest BCUT2D eigenvalue weighted by Gasteiger charge is -2.03. The van der Waals surface area contributed by atoms with Crippen LogP contribution in [0.4, 0.5) is 5.13 Å². The van der Waals surface area contributed by atoms with Crippen molar-refractivity contribution in [2.45, 2.75) is 0 Å². The topological polar surface area (TPSA) is 55.6 Å². The van der Waals surface area contributed by atoms with Gasteiger partial charge in [-0.05, 0) is 18.2 Å². The van der Waals surface area contributed by atoms with Gasteiger partial charge in [-0.1, -0.05) is 24.0 Å². The van der Waals surface area contributed by atoms with Crippen molar-refractivity contribution in [2.75, 3.05) is 19.0 Å². The first kappa shape index (κ1) is 15.3. The first-order chi connectivity index (χ1) is 8.74. The number of halogens is 1. The third-order valence-electron chi connectivity index (χ3n) is 2.44. The summed E-state index contributed by atoms with van der Waals surface area (Å²) in [5.41, 5.74) is 1.94. The van der Waals surface area contributed by atoms with Crippen LogP contribution in [0.1, 0.15) is 0 Å². The zero-order valence-corrected chi connectivity index (χ0v) is 12.0. The van der Waals surface area contributed by atoms with E-state index in [1.165, 1.54) is 7.11 Å². The molecule has 4 nitrogen and oxygen atoms in total. The van der Waals surface area contributed by atoms with Crippen LogP contribution in [0.25, 0.3) is 11.3 Å². The number of methoxy groups -OCH3 is 1. The highest BCUT2D eigenvalue weighted by Gasteiger charge is 2.11. The lowest BCUT2D eigenvalue weighted by atomic mass is 10.1. The van der Waals surface area contributed by atoms with Crippen LogP contribution >= 0.6 is 11.3 Å². The van der Waals surface area contributed by atoms with Crippen molar-refractivity contribution in [3.63, 3.8) is 0 Å². The van der Waals surface area contributed by atoms with E-state index in [4.69, 9.17) is 4.74 Å². The number of hydrogen-bond acceptors (Lipinski definition) is 4. The van der Waals surface area contributed by atoms with Crippen LogP contribution in [0.15, 0.2) is 36.2 Å². The van der Waals surface area contributed by atoms with Gasteiger partial charge in [0.25, 0.3) is 0 Å². The Balaban J connectivity index is 0.00000180. The average molecular weight is 299 g/mol. The second-order valence-electron chi connectivity index (χ2n) is 3.66. The fraction of sp³-hybridized carbons (Fsp3) is 0.154. The molecule has 0 bridgehead atoms. The number of aromatic amines is 1. The predicted octanol–water partition coefficient (Wildman–Crippen LogP) is -0.455. The lowest BCUT2D eigenvalue weighted by molar-refractivity contribution is -0.341. The van der Waals surface area contributed by atoms with Gasteiger partial charge in [-0.3, -0.25) is 5.32 Å². The fourth-order valence-corrected chi connectivity index (χ4v) is 2.30. The number of phenolic OH excluding ortho intramolecular Hbond substituents is 1. The Hall–Kier alpha value is -1.72. The molecule has 0 saturated heterocycles.